The fraction of sp³-hybridized carbons (Fsp3) is 0.188. The predicted molar refractivity (Wildman–Crippen MR) is 80.1 cm³/mol. The maximum absolute atomic E-state index is 12.0. The predicted octanol–water partition coefficient (Wildman–Crippen LogP) is 3.12. The Morgan fingerprint density at radius 1 is 1.20 bits per heavy atom. The van der Waals surface area contributed by atoms with Crippen LogP contribution < -0.4 is 15.8 Å². The highest BCUT2D eigenvalue weighted by atomic mass is 16.5. The average molecular weight is 270 g/mol. The van der Waals surface area contributed by atoms with Gasteiger partial charge in [0.25, 0.3) is 5.91 Å². The van der Waals surface area contributed by atoms with Crippen LogP contribution in [0.5, 0.6) is 11.5 Å². The summed E-state index contributed by atoms with van der Waals surface area (Å²) in [6.45, 7) is 4.44. The second-order valence-electron chi connectivity index (χ2n) is 4.53. The van der Waals surface area contributed by atoms with E-state index in [-0.39, 0.29) is 5.91 Å². The van der Waals surface area contributed by atoms with Gasteiger partial charge in [0, 0.05) is 18.3 Å². The van der Waals surface area contributed by atoms with Gasteiger partial charge in [-0.25, -0.2) is 0 Å². The number of nitrogen functional groups attached to an aromatic ring is 1. The van der Waals surface area contributed by atoms with Crippen molar-refractivity contribution in [2.45, 2.75) is 13.8 Å². The number of amides is 1. The van der Waals surface area contributed by atoms with Gasteiger partial charge in [-0.1, -0.05) is 17.7 Å². The van der Waals surface area contributed by atoms with Crippen molar-refractivity contribution in [2.24, 2.45) is 0 Å². The fourth-order valence-corrected chi connectivity index (χ4v) is 1.80. The summed E-state index contributed by atoms with van der Waals surface area (Å²) in [6, 6.07) is 12.6. The normalized spacial score (nSPS) is 10.1. The second-order valence-corrected chi connectivity index (χ2v) is 4.53. The summed E-state index contributed by atoms with van der Waals surface area (Å²) in [5.41, 5.74) is 7.94. The Bertz CT molecular complexity index is 606. The summed E-state index contributed by atoms with van der Waals surface area (Å²) in [5, 5.41) is 2.76. The molecule has 0 radical (unpaired) electrons. The van der Waals surface area contributed by atoms with Crippen LogP contribution in [-0.4, -0.2) is 12.5 Å². The molecule has 0 aliphatic carbocycles. The zero-order valence-electron chi connectivity index (χ0n) is 11.6. The Morgan fingerprint density at radius 3 is 2.55 bits per heavy atom. The Labute approximate surface area is 118 Å². The Hall–Kier alpha value is -2.49. The molecule has 0 heterocycles. The Kier molecular flexibility index (Phi) is 4.25. The monoisotopic (exact) mass is 270 g/mol. The molecule has 0 aliphatic heterocycles. The smallest absolute Gasteiger partial charge is 0.255 e. The van der Waals surface area contributed by atoms with Gasteiger partial charge >= 0.3 is 0 Å². The van der Waals surface area contributed by atoms with Crippen LogP contribution in [0.25, 0.3) is 0 Å². The third-order valence-corrected chi connectivity index (χ3v) is 2.84. The highest BCUT2D eigenvalue weighted by molar-refractivity contribution is 5.97. The molecule has 0 unspecified atom stereocenters. The van der Waals surface area contributed by atoms with Crippen LogP contribution in [0.2, 0.25) is 0 Å². The van der Waals surface area contributed by atoms with E-state index in [4.69, 9.17) is 10.5 Å². The number of carbonyl (C=O) groups excluding carboxylic acids is 1. The molecule has 2 aromatic carbocycles. The molecule has 2 aromatic rings. The van der Waals surface area contributed by atoms with Gasteiger partial charge in [0.2, 0.25) is 0 Å². The number of carbonyl (C=O) groups is 1. The van der Waals surface area contributed by atoms with Crippen LogP contribution in [-0.2, 0) is 0 Å². The number of hydrogen-bond acceptors (Lipinski definition) is 3. The quantitative estimate of drug-likeness (QED) is 0.839. The number of hydrogen-bond donors (Lipinski definition) is 2. The SMILES string of the molecule is CCNC(=O)c1ccc(N)cc1Oc1ccc(C)cc1. The highest BCUT2D eigenvalue weighted by Gasteiger charge is 2.13. The molecular formula is C16H18N2O2. The van der Waals surface area contributed by atoms with E-state index in [2.05, 4.69) is 5.32 Å². The number of benzene rings is 2. The molecule has 2 rings (SSSR count). The van der Waals surface area contributed by atoms with Crippen molar-refractivity contribution >= 4 is 11.6 Å². The maximum atomic E-state index is 12.0. The Morgan fingerprint density at radius 2 is 1.90 bits per heavy atom. The van der Waals surface area contributed by atoms with Crippen molar-refractivity contribution in [1.82, 2.24) is 5.32 Å². The first-order chi connectivity index (χ1) is 9.60. The standard InChI is InChI=1S/C16H18N2O2/c1-3-18-16(19)14-9-6-12(17)10-15(14)20-13-7-4-11(2)5-8-13/h4-10H,3,17H2,1-2H3,(H,18,19). The van der Waals surface area contributed by atoms with Crippen molar-refractivity contribution in [2.75, 3.05) is 12.3 Å². The first-order valence-corrected chi connectivity index (χ1v) is 6.52. The zero-order chi connectivity index (χ0) is 14.5. The molecule has 0 fully saturated rings. The highest BCUT2D eigenvalue weighted by Crippen LogP contribution is 2.27. The molecule has 0 saturated carbocycles. The largest absolute Gasteiger partial charge is 0.456 e. The lowest BCUT2D eigenvalue weighted by Crippen LogP contribution is -2.23. The van der Waals surface area contributed by atoms with E-state index in [9.17, 15) is 4.79 Å². The molecule has 0 aliphatic rings. The van der Waals surface area contributed by atoms with Crippen molar-refractivity contribution in [3.63, 3.8) is 0 Å². The van der Waals surface area contributed by atoms with Gasteiger partial charge in [-0.2, -0.15) is 0 Å². The number of aryl methyl sites for hydroxylation is 1. The molecule has 4 nitrogen and oxygen atoms in total. The summed E-state index contributed by atoms with van der Waals surface area (Å²) >= 11 is 0. The van der Waals surface area contributed by atoms with Crippen molar-refractivity contribution in [3.05, 3.63) is 53.6 Å². The lowest BCUT2D eigenvalue weighted by Gasteiger charge is -2.12. The summed E-state index contributed by atoms with van der Waals surface area (Å²) in [5.74, 6) is 0.959. The van der Waals surface area contributed by atoms with Crippen LogP contribution in [0.15, 0.2) is 42.5 Å². The van der Waals surface area contributed by atoms with E-state index in [1.807, 2.05) is 38.1 Å². The van der Waals surface area contributed by atoms with Gasteiger partial charge < -0.3 is 15.8 Å². The van der Waals surface area contributed by atoms with Gasteiger partial charge in [-0.15, -0.1) is 0 Å². The molecule has 20 heavy (non-hydrogen) atoms. The number of rotatable bonds is 4. The van der Waals surface area contributed by atoms with E-state index in [1.54, 1.807) is 18.2 Å². The van der Waals surface area contributed by atoms with Gasteiger partial charge in [0.1, 0.15) is 11.5 Å². The third kappa shape index (κ3) is 3.29. The van der Waals surface area contributed by atoms with Crippen LogP contribution >= 0.6 is 0 Å². The number of nitrogens with two attached hydrogens (primary N) is 1. The molecular weight excluding hydrogens is 252 g/mol. The molecule has 0 spiro atoms. The molecule has 1 amide bonds. The van der Waals surface area contributed by atoms with Crippen molar-refractivity contribution in [3.8, 4) is 11.5 Å². The van der Waals surface area contributed by atoms with E-state index in [0.717, 1.165) is 5.56 Å². The number of nitrogens with one attached hydrogen (secondary N) is 1. The van der Waals surface area contributed by atoms with Gasteiger partial charge in [-0.3, -0.25) is 4.79 Å². The minimum absolute atomic E-state index is 0.172. The summed E-state index contributed by atoms with van der Waals surface area (Å²) in [4.78, 5) is 12.0. The van der Waals surface area contributed by atoms with Crippen LogP contribution in [0, 0.1) is 6.92 Å². The van der Waals surface area contributed by atoms with Crippen LogP contribution in [0.4, 0.5) is 5.69 Å². The molecule has 104 valence electrons. The fourth-order valence-electron chi connectivity index (χ4n) is 1.80. The van der Waals surface area contributed by atoms with E-state index >= 15 is 0 Å². The van der Waals surface area contributed by atoms with Crippen LogP contribution in [0.3, 0.4) is 0 Å². The van der Waals surface area contributed by atoms with E-state index in [0.29, 0.717) is 29.3 Å². The van der Waals surface area contributed by atoms with E-state index < -0.39 is 0 Å². The summed E-state index contributed by atoms with van der Waals surface area (Å²) in [6.07, 6.45) is 0. The minimum Gasteiger partial charge on any atom is -0.456 e. The second kappa shape index (κ2) is 6.10. The lowest BCUT2D eigenvalue weighted by atomic mass is 10.1. The molecule has 0 aromatic heterocycles. The van der Waals surface area contributed by atoms with Crippen molar-refractivity contribution < 1.29 is 9.53 Å². The molecule has 0 bridgehead atoms. The van der Waals surface area contributed by atoms with Crippen LogP contribution in [0.1, 0.15) is 22.8 Å². The van der Waals surface area contributed by atoms with Crippen molar-refractivity contribution in [1.29, 1.82) is 0 Å². The average Bonchev–Trinajstić information content (AvgIpc) is 2.42. The van der Waals surface area contributed by atoms with Gasteiger partial charge in [0.05, 0.1) is 5.56 Å². The third-order valence-electron chi connectivity index (χ3n) is 2.84. The zero-order valence-corrected chi connectivity index (χ0v) is 11.6. The first-order valence-electron chi connectivity index (χ1n) is 6.52. The van der Waals surface area contributed by atoms with Gasteiger partial charge in [0.15, 0.2) is 0 Å². The minimum atomic E-state index is -0.172. The number of anilines is 1. The topological polar surface area (TPSA) is 64.4 Å². The summed E-state index contributed by atoms with van der Waals surface area (Å²) < 4.78 is 5.77. The molecule has 4 heteroatoms. The first kappa shape index (κ1) is 13.9. The maximum Gasteiger partial charge on any atom is 0.255 e. The molecule has 3 N–H and O–H groups in total. The summed E-state index contributed by atoms with van der Waals surface area (Å²) in [7, 11) is 0. The van der Waals surface area contributed by atoms with E-state index in [1.165, 1.54) is 0 Å². The van der Waals surface area contributed by atoms with Gasteiger partial charge in [-0.05, 0) is 38.1 Å². The number of ether oxygens (including phenoxy) is 1. The molecule has 0 saturated heterocycles. The Balaban J connectivity index is 2.31. The lowest BCUT2D eigenvalue weighted by molar-refractivity contribution is 0.0953. The molecule has 0 atom stereocenters.